The van der Waals surface area contributed by atoms with E-state index in [1.165, 1.54) is 5.56 Å². The van der Waals surface area contributed by atoms with Crippen molar-refractivity contribution in [1.82, 2.24) is 15.2 Å². The van der Waals surface area contributed by atoms with Crippen LogP contribution in [0, 0.1) is 13.8 Å². The van der Waals surface area contributed by atoms with Crippen molar-refractivity contribution in [1.29, 1.82) is 0 Å². The molecule has 1 aromatic heterocycles. The molecular weight excluding hydrogens is 332 g/mol. The van der Waals surface area contributed by atoms with Crippen LogP contribution in [-0.4, -0.2) is 50.7 Å². The average molecular weight is 360 g/mol. The number of aliphatic imine (C=N–C) groups is 1. The number of hydrogen-bond donors (Lipinski definition) is 1. The first-order valence-electron chi connectivity index (χ1n) is 8.54. The molecule has 0 spiro atoms. The van der Waals surface area contributed by atoms with Gasteiger partial charge in [-0.25, -0.2) is 4.98 Å². The van der Waals surface area contributed by atoms with E-state index in [1.54, 1.807) is 21.3 Å². The standard InChI is InChI=1S/C19H28N4O3/c1-13-14(2)26-18(22-13)12-21-19(20-3)23(4)10-9-15-7-8-16(24-5)17(11-15)25-6/h7-8,11H,9-10,12H2,1-6H3,(H,20,21). The smallest absolute Gasteiger partial charge is 0.214 e. The van der Waals surface area contributed by atoms with Crippen LogP contribution < -0.4 is 14.8 Å². The Morgan fingerprint density at radius 2 is 1.96 bits per heavy atom. The van der Waals surface area contributed by atoms with Gasteiger partial charge in [0.05, 0.1) is 26.5 Å². The summed E-state index contributed by atoms with van der Waals surface area (Å²) in [6, 6.07) is 5.97. The summed E-state index contributed by atoms with van der Waals surface area (Å²) in [6.07, 6.45) is 0.856. The molecule has 0 unspecified atom stereocenters. The fourth-order valence-corrected chi connectivity index (χ4v) is 2.59. The second-order valence-corrected chi connectivity index (χ2v) is 6.01. The molecule has 0 saturated heterocycles. The lowest BCUT2D eigenvalue weighted by molar-refractivity contribution is 0.354. The number of ether oxygens (including phenoxy) is 2. The highest BCUT2D eigenvalue weighted by Crippen LogP contribution is 2.27. The summed E-state index contributed by atoms with van der Waals surface area (Å²) in [6.45, 7) is 5.16. The van der Waals surface area contributed by atoms with Crippen LogP contribution in [0.4, 0.5) is 0 Å². The Morgan fingerprint density at radius 1 is 1.23 bits per heavy atom. The van der Waals surface area contributed by atoms with Gasteiger partial charge in [-0.2, -0.15) is 0 Å². The SMILES string of the molecule is CN=C(NCc1nc(C)c(C)o1)N(C)CCc1ccc(OC)c(OC)c1. The van der Waals surface area contributed by atoms with E-state index in [-0.39, 0.29) is 0 Å². The molecule has 0 saturated carbocycles. The van der Waals surface area contributed by atoms with Gasteiger partial charge in [-0.1, -0.05) is 6.07 Å². The highest BCUT2D eigenvalue weighted by Gasteiger charge is 2.10. The lowest BCUT2D eigenvalue weighted by Crippen LogP contribution is -2.39. The summed E-state index contributed by atoms with van der Waals surface area (Å²) in [7, 11) is 7.05. The maximum absolute atomic E-state index is 5.59. The van der Waals surface area contributed by atoms with Gasteiger partial charge >= 0.3 is 0 Å². The van der Waals surface area contributed by atoms with Gasteiger partial charge in [-0.3, -0.25) is 4.99 Å². The van der Waals surface area contributed by atoms with Gasteiger partial charge in [0, 0.05) is 20.6 Å². The number of hydrogen-bond acceptors (Lipinski definition) is 5. The lowest BCUT2D eigenvalue weighted by atomic mass is 10.1. The largest absolute Gasteiger partial charge is 0.493 e. The second kappa shape index (κ2) is 9.12. The van der Waals surface area contributed by atoms with Crippen molar-refractivity contribution in [2.75, 3.05) is 34.9 Å². The third-order valence-corrected chi connectivity index (χ3v) is 4.23. The summed E-state index contributed by atoms with van der Waals surface area (Å²) < 4.78 is 16.2. The number of benzene rings is 1. The minimum Gasteiger partial charge on any atom is -0.493 e. The van der Waals surface area contributed by atoms with Crippen LogP contribution in [0.15, 0.2) is 27.6 Å². The van der Waals surface area contributed by atoms with Crippen molar-refractivity contribution in [3.05, 3.63) is 41.1 Å². The summed E-state index contributed by atoms with van der Waals surface area (Å²) in [4.78, 5) is 10.8. The van der Waals surface area contributed by atoms with Crippen molar-refractivity contribution in [2.45, 2.75) is 26.8 Å². The van der Waals surface area contributed by atoms with E-state index >= 15 is 0 Å². The third-order valence-electron chi connectivity index (χ3n) is 4.23. The van der Waals surface area contributed by atoms with Gasteiger partial charge in [0.2, 0.25) is 5.89 Å². The van der Waals surface area contributed by atoms with Crippen molar-refractivity contribution in [2.24, 2.45) is 4.99 Å². The van der Waals surface area contributed by atoms with Gasteiger partial charge in [-0.05, 0) is 38.0 Å². The van der Waals surface area contributed by atoms with E-state index in [2.05, 4.69) is 20.2 Å². The predicted molar refractivity (Wildman–Crippen MR) is 102 cm³/mol. The molecule has 0 amide bonds. The molecule has 2 rings (SSSR count). The number of methoxy groups -OCH3 is 2. The summed E-state index contributed by atoms with van der Waals surface area (Å²) in [5.74, 6) is 3.77. The van der Waals surface area contributed by atoms with E-state index < -0.39 is 0 Å². The molecule has 7 heteroatoms. The predicted octanol–water partition coefficient (Wildman–Crippen LogP) is 2.56. The van der Waals surface area contributed by atoms with Crippen LogP contribution >= 0.6 is 0 Å². The van der Waals surface area contributed by atoms with Gasteiger partial charge in [-0.15, -0.1) is 0 Å². The maximum atomic E-state index is 5.59. The molecule has 142 valence electrons. The number of nitrogens with one attached hydrogen (secondary N) is 1. The zero-order valence-electron chi connectivity index (χ0n) is 16.4. The number of aryl methyl sites for hydroxylation is 2. The Morgan fingerprint density at radius 3 is 2.54 bits per heavy atom. The molecule has 0 aliphatic heterocycles. The summed E-state index contributed by atoms with van der Waals surface area (Å²) in [5.41, 5.74) is 2.09. The Labute approximate surface area is 155 Å². The normalized spacial score (nSPS) is 11.4. The van der Waals surface area contributed by atoms with E-state index in [1.807, 2.05) is 39.1 Å². The number of guanidine groups is 1. The number of nitrogens with zero attached hydrogens (tertiary/aromatic N) is 3. The molecule has 0 bridgehead atoms. The fourth-order valence-electron chi connectivity index (χ4n) is 2.59. The van der Waals surface area contributed by atoms with E-state index in [0.29, 0.717) is 12.4 Å². The van der Waals surface area contributed by atoms with Crippen LogP contribution in [0.1, 0.15) is 22.9 Å². The Hall–Kier alpha value is -2.70. The summed E-state index contributed by atoms with van der Waals surface area (Å²) >= 11 is 0. The molecular formula is C19H28N4O3. The Balaban J connectivity index is 1.91. The van der Waals surface area contributed by atoms with Crippen LogP contribution in [0.2, 0.25) is 0 Å². The second-order valence-electron chi connectivity index (χ2n) is 6.01. The zero-order chi connectivity index (χ0) is 19.1. The maximum Gasteiger partial charge on any atom is 0.214 e. The highest BCUT2D eigenvalue weighted by atomic mass is 16.5. The fraction of sp³-hybridized carbons (Fsp3) is 0.474. The number of aromatic nitrogens is 1. The van der Waals surface area contributed by atoms with Gasteiger partial charge in [0.1, 0.15) is 5.76 Å². The van der Waals surface area contributed by atoms with Gasteiger partial charge in [0.15, 0.2) is 17.5 Å². The minimum atomic E-state index is 0.502. The van der Waals surface area contributed by atoms with Crippen molar-refractivity contribution < 1.29 is 13.9 Å². The number of likely N-dealkylation sites (N-methyl/N-ethyl adjacent to an activating group) is 1. The van der Waals surface area contributed by atoms with Crippen LogP contribution in [0.25, 0.3) is 0 Å². The topological polar surface area (TPSA) is 72.1 Å². The first-order valence-corrected chi connectivity index (χ1v) is 8.54. The number of rotatable bonds is 7. The Kier molecular flexibility index (Phi) is 6.89. The molecule has 0 radical (unpaired) electrons. The van der Waals surface area contributed by atoms with Crippen LogP contribution in [-0.2, 0) is 13.0 Å². The zero-order valence-corrected chi connectivity index (χ0v) is 16.4. The van der Waals surface area contributed by atoms with Crippen molar-refractivity contribution >= 4 is 5.96 Å². The first-order chi connectivity index (χ1) is 12.5. The molecule has 7 nitrogen and oxygen atoms in total. The third kappa shape index (κ3) is 4.91. The molecule has 0 aliphatic rings. The first kappa shape index (κ1) is 19.6. The number of oxazole rings is 1. The average Bonchev–Trinajstić information content (AvgIpc) is 2.97. The highest BCUT2D eigenvalue weighted by molar-refractivity contribution is 5.79. The molecule has 0 aliphatic carbocycles. The molecule has 0 atom stereocenters. The molecule has 0 fully saturated rings. The van der Waals surface area contributed by atoms with Gasteiger partial charge < -0.3 is 24.1 Å². The molecule has 1 aromatic carbocycles. The summed E-state index contributed by atoms with van der Waals surface area (Å²) in [5, 5.41) is 3.28. The lowest BCUT2D eigenvalue weighted by Gasteiger charge is -2.21. The van der Waals surface area contributed by atoms with Crippen molar-refractivity contribution in [3.8, 4) is 11.5 Å². The molecule has 2 aromatic rings. The quantitative estimate of drug-likeness (QED) is 0.604. The van der Waals surface area contributed by atoms with E-state index in [9.17, 15) is 0 Å². The van der Waals surface area contributed by atoms with Gasteiger partial charge in [0.25, 0.3) is 0 Å². The van der Waals surface area contributed by atoms with Crippen LogP contribution in [0.3, 0.4) is 0 Å². The molecule has 26 heavy (non-hydrogen) atoms. The van der Waals surface area contributed by atoms with Crippen molar-refractivity contribution in [3.63, 3.8) is 0 Å². The molecule has 1 heterocycles. The minimum absolute atomic E-state index is 0.502. The van der Waals surface area contributed by atoms with E-state index in [0.717, 1.165) is 41.9 Å². The Bertz CT molecular complexity index is 736. The molecule has 1 N–H and O–H groups in total. The van der Waals surface area contributed by atoms with E-state index in [4.69, 9.17) is 13.9 Å². The monoisotopic (exact) mass is 360 g/mol. The van der Waals surface area contributed by atoms with Crippen LogP contribution in [0.5, 0.6) is 11.5 Å².